The zero-order valence-corrected chi connectivity index (χ0v) is 26.7. The zero-order valence-electron chi connectivity index (χ0n) is 26.7. The maximum atomic E-state index is 12.1. The first-order valence-corrected chi connectivity index (χ1v) is 16.0. The number of benzene rings is 2. The molecule has 3 heterocycles. The number of aliphatic carboxylic acids is 1. The highest BCUT2D eigenvalue weighted by Gasteiger charge is 2.44. The number of piperazine rings is 1. The fraction of sp³-hybridized carbons (Fsp3) is 0.424. The Balaban J connectivity index is 0.000000606. The van der Waals surface area contributed by atoms with Crippen LogP contribution in [0, 0.1) is 0 Å². The van der Waals surface area contributed by atoms with Gasteiger partial charge in [0.1, 0.15) is 12.2 Å². The highest BCUT2D eigenvalue weighted by Crippen LogP contribution is 2.35. The van der Waals surface area contributed by atoms with Gasteiger partial charge >= 0.3 is 12.1 Å². The van der Waals surface area contributed by atoms with Crippen molar-refractivity contribution in [2.75, 3.05) is 42.9 Å². The third-order valence-electron chi connectivity index (χ3n) is 8.61. The van der Waals surface area contributed by atoms with Crippen molar-refractivity contribution >= 4 is 34.8 Å². The monoisotopic (exact) mass is 684 g/mol. The summed E-state index contributed by atoms with van der Waals surface area (Å²) in [6.07, 6.45) is -4.94. The number of carboxylic acids is 1. The maximum Gasteiger partial charge on any atom is 0.490 e. The number of alkyl halides is 3. The van der Waals surface area contributed by atoms with Crippen molar-refractivity contribution in [2.24, 2.45) is 0 Å². The predicted molar refractivity (Wildman–Crippen MR) is 175 cm³/mol. The summed E-state index contributed by atoms with van der Waals surface area (Å²) in [5.74, 6) is -1.63. The molecule has 0 unspecified atom stereocenters. The molecule has 0 bridgehead atoms. The van der Waals surface area contributed by atoms with Crippen LogP contribution in [0.4, 0.5) is 24.9 Å². The molecule has 2 aliphatic rings. The Kier molecular flexibility index (Phi) is 11.3. The molecule has 49 heavy (non-hydrogen) atoms. The van der Waals surface area contributed by atoms with Crippen LogP contribution in [0.3, 0.4) is 0 Å². The second kappa shape index (κ2) is 15.6. The van der Waals surface area contributed by atoms with Gasteiger partial charge in [0.2, 0.25) is 11.9 Å². The van der Waals surface area contributed by atoms with Crippen LogP contribution < -0.4 is 20.9 Å². The number of halogens is 3. The first-order chi connectivity index (χ1) is 23.5. The van der Waals surface area contributed by atoms with E-state index in [1.165, 1.54) is 11.1 Å². The average molecular weight is 685 g/mol. The number of aromatic nitrogens is 4. The standard InChI is InChI=1S/C31H38N8O3.C2HF3O2/c1-2-25(40)35-23-17-24(28(42)27(23)41)39-19-34-26-29(36-31(37-30(26)39)38-15-13-32-14-16-38)33-18-22(20-9-5-3-6-10-20)21-11-7-4-8-12-21;3-2(4,5)1(6)7/h3-12,19,22-24,27-28,32,41-42H,2,13-18H2,1H3,(H,35,40)(H,33,36,37);(H,6,7)/t23-,24+,27+,28-;/m0./s1. The molecular formula is C33H39F3N8O5. The minimum absolute atomic E-state index is 0.0804. The quantitative estimate of drug-likeness (QED) is 0.153. The van der Waals surface area contributed by atoms with E-state index in [2.05, 4.69) is 69.4 Å². The zero-order chi connectivity index (χ0) is 35.1. The van der Waals surface area contributed by atoms with E-state index in [4.69, 9.17) is 24.9 Å². The second-order valence-corrected chi connectivity index (χ2v) is 11.8. The summed E-state index contributed by atoms with van der Waals surface area (Å²) in [6.45, 7) is 5.55. The summed E-state index contributed by atoms with van der Waals surface area (Å²) < 4.78 is 33.6. The molecule has 4 atom stereocenters. The number of aliphatic hydroxyl groups excluding tert-OH is 2. The Morgan fingerprint density at radius 2 is 1.57 bits per heavy atom. The molecule has 1 amide bonds. The number of nitrogens with zero attached hydrogens (tertiary/aromatic N) is 5. The minimum Gasteiger partial charge on any atom is -0.475 e. The Morgan fingerprint density at radius 1 is 0.980 bits per heavy atom. The number of hydrogen-bond donors (Lipinski definition) is 6. The van der Waals surface area contributed by atoms with Gasteiger partial charge in [0.05, 0.1) is 18.4 Å². The molecule has 1 saturated carbocycles. The Bertz CT molecular complexity index is 1660. The number of rotatable bonds is 9. The van der Waals surface area contributed by atoms with Crippen molar-refractivity contribution in [3.63, 3.8) is 0 Å². The van der Waals surface area contributed by atoms with Gasteiger partial charge in [-0.2, -0.15) is 23.1 Å². The van der Waals surface area contributed by atoms with Gasteiger partial charge in [-0.05, 0) is 17.5 Å². The van der Waals surface area contributed by atoms with Gasteiger partial charge < -0.3 is 40.7 Å². The van der Waals surface area contributed by atoms with E-state index in [9.17, 15) is 28.2 Å². The number of nitrogens with one attached hydrogen (secondary N) is 3. The number of carbonyl (C=O) groups excluding carboxylic acids is 1. The molecule has 262 valence electrons. The van der Waals surface area contributed by atoms with Gasteiger partial charge in [0.15, 0.2) is 17.0 Å². The van der Waals surface area contributed by atoms with E-state index in [1.807, 2.05) is 16.7 Å². The van der Waals surface area contributed by atoms with Crippen LogP contribution in [-0.2, 0) is 9.59 Å². The van der Waals surface area contributed by atoms with Crippen molar-refractivity contribution in [3.8, 4) is 0 Å². The summed E-state index contributed by atoms with van der Waals surface area (Å²) in [6, 6.07) is 19.7. The largest absolute Gasteiger partial charge is 0.490 e. The first-order valence-electron chi connectivity index (χ1n) is 16.0. The van der Waals surface area contributed by atoms with Gasteiger partial charge in [-0.15, -0.1) is 0 Å². The van der Waals surface area contributed by atoms with Crippen molar-refractivity contribution in [1.82, 2.24) is 30.2 Å². The van der Waals surface area contributed by atoms with E-state index in [0.717, 1.165) is 26.2 Å². The highest BCUT2D eigenvalue weighted by molar-refractivity contribution is 5.84. The van der Waals surface area contributed by atoms with Crippen LogP contribution in [0.5, 0.6) is 0 Å². The molecule has 2 aromatic heterocycles. The lowest BCUT2D eigenvalue weighted by Crippen LogP contribution is -2.44. The van der Waals surface area contributed by atoms with E-state index < -0.39 is 36.4 Å². The molecule has 13 nitrogen and oxygen atoms in total. The molecule has 1 saturated heterocycles. The Labute approximate surface area is 280 Å². The number of hydrogen-bond acceptors (Lipinski definition) is 10. The van der Waals surface area contributed by atoms with Gasteiger partial charge in [-0.25, -0.2) is 9.78 Å². The minimum atomic E-state index is -5.08. The summed E-state index contributed by atoms with van der Waals surface area (Å²) >= 11 is 0. The lowest BCUT2D eigenvalue weighted by atomic mass is 9.91. The molecule has 0 radical (unpaired) electrons. The van der Waals surface area contributed by atoms with Crippen LogP contribution in [-0.4, -0.2) is 104 Å². The molecule has 4 aromatic rings. The van der Waals surface area contributed by atoms with Crippen LogP contribution >= 0.6 is 0 Å². The van der Waals surface area contributed by atoms with Gasteiger partial charge in [-0.1, -0.05) is 67.6 Å². The van der Waals surface area contributed by atoms with E-state index in [0.29, 0.717) is 42.3 Å². The maximum absolute atomic E-state index is 12.1. The number of carboxylic acid groups (broad SMARTS) is 1. The van der Waals surface area contributed by atoms with Crippen molar-refractivity contribution in [3.05, 3.63) is 78.1 Å². The molecule has 6 rings (SSSR count). The smallest absolute Gasteiger partial charge is 0.475 e. The van der Waals surface area contributed by atoms with E-state index in [1.54, 1.807) is 13.3 Å². The second-order valence-electron chi connectivity index (χ2n) is 11.8. The summed E-state index contributed by atoms with van der Waals surface area (Å²) in [4.78, 5) is 37.7. The molecule has 1 aliphatic carbocycles. The van der Waals surface area contributed by atoms with Gasteiger partial charge in [0, 0.05) is 45.1 Å². The van der Waals surface area contributed by atoms with Crippen LogP contribution in [0.1, 0.15) is 42.9 Å². The predicted octanol–water partition coefficient (Wildman–Crippen LogP) is 2.67. The number of imidazole rings is 1. The molecule has 6 N–H and O–H groups in total. The fourth-order valence-electron chi connectivity index (χ4n) is 6.01. The van der Waals surface area contributed by atoms with Gasteiger partial charge in [-0.3, -0.25) is 4.79 Å². The average Bonchev–Trinajstić information content (AvgIpc) is 3.65. The number of amides is 1. The van der Waals surface area contributed by atoms with E-state index in [-0.39, 0.29) is 11.8 Å². The lowest BCUT2D eigenvalue weighted by Gasteiger charge is -2.28. The summed E-state index contributed by atoms with van der Waals surface area (Å²) in [5, 5.41) is 38.7. The van der Waals surface area contributed by atoms with Crippen LogP contribution in [0.25, 0.3) is 11.2 Å². The normalized spacial score (nSPS) is 20.9. The fourth-order valence-corrected chi connectivity index (χ4v) is 6.01. The van der Waals surface area contributed by atoms with Crippen LogP contribution in [0.15, 0.2) is 67.0 Å². The SMILES string of the molecule is CCC(=O)N[C@H]1C[C@@H](n2cnc3c(NCC(c4ccccc4)c4ccccc4)nc(N4CCNCC4)nc32)[C@H](O)[C@@H]1O.O=C(O)C(F)(F)F. The molecule has 1 aliphatic heterocycles. The lowest BCUT2D eigenvalue weighted by molar-refractivity contribution is -0.192. The third kappa shape index (κ3) is 8.44. The molecule has 2 aromatic carbocycles. The Morgan fingerprint density at radius 3 is 2.12 bits per heavy atom. The molecular weight excluding hydrogens is 645 g/mol. The third-order valence-corrected chi connectivity index (χ3v) is 8.61. The van der Waals surface area contributed by atoms with Crippen molar-refractivity contribution in [2.45, 2.75) is 56.2 Å². The summed E-state index contributed by atoms with van der Waals surface area (Å²) in [7, 11) is 0. The Hall–Kier alpha value is -4.80. The van der Waals surface area contributed by atoms with Crippen molar-refractivity contribution < 1.29 is 38.1 Å². The molecule has 2 fully saturated rings. The van der Waals surface area contributed by atoms with Gasteiger partial charge in [0.25, 0.3) is 0 Å². The van der Waals surface area contributed by atoms with E-state index >= 15 is 0 Å². The summed E-state index contributed by atoms with van der Waals surface area (Å²) in [5.41, 5.74) is 3.56. The number of anilines is 2. The van der Waals surface area contributed by atoms with Crippen LogP contribution in [0.2, 0.25) is 0 Å². The molecule has 16 heteroatoms. The first kappa shape index (κ1) is 35.5. The number of carbonyl (C=O) groups is 2. The molecule has 0 spiro atoms. The highest BCUT2D eigenvalue weighted by atomic mass is 19.4. The number of fused-ring (bicyclic) bond motifs is 1. The number of aliphatic hydroxyl groups is 2. The topological polar surface area (TPSA) is 178 Å². The van der Waals surface area contributed by atoms with Crippen molar-refractivity contribution in [1.29, 1.82) is 0 Å².